The molecule has 0 bridgehead atoms. The first-order valence-corrected chi connectivity index (χ1v) is 5.89. The zero-order valence-corrected chi connectivity index (χ0v) is 10.7. The number of thiophene rings is 1. The summed E-state index contributed by atoms with van der Waals surface area (Å²) in [6.07, 6.45) is 1.82. The first-order valence-electron chi connectivity index (χ1n) is 5.08. The van der Waals surface area contributed by atoms with Crippen molar-refractivity contribution in [3.05, 3.63) is 29.7 Å². The van der Waals surface area contributed by atoms with Crippen LogP contribution >= 0.6 is 11.3 Å². The molecule has 0 unspecified atom stereocenters. The molecular weight excluding hydrogens is 222 g/mol. The van der Waals surface area contributed by atoms with Crippen molar-refractivity contribution in [1.29, 1.82) is 0 Å². The van der Waals surface area contributed by atoms with E-state index in [-0.39, 0.29) is 5.54 Å². The van der Waals surface area contributed by atoms with Gasteiger partial charge in [-0.25, -0.2) is 4.79 Å². The average molecular weight is 239 g/mol. The Labute approximate surface area is 100 Å². The van der Waals surface area contributed by atoms with Crippen molar-refractivity contribution in [2.45, 2.75) is 26.3 Å². The van der Waals surface area contributed by atoms with Crippen LogP contribution in [0.5, 0.6) is 0 Å². The number of carboxylic acids is 1. The second-order valence-electron chi connectivity index (χ2n) is 4.51. The molecule has 0 aliphatic carbocycles. The summed E-state index contributed by atoms with van der Waals surface area (Å²) < 4.78 is 0. The van der Waals surface area contributed by atoms with Crippen LogP contribution < -0.4 is 4.90 Å². The van der Waals surface area contributed by atoms with Gasteiger partial charge in [-0.05, 0) is 32.9 Å². The molecule has 1 aromatic heterocycles. The van der Waals surface area contributed by atoms with Gasteiger partial charge in [-0.3, -0.25) is 0 Å². The van der Waals surface area contributed by atoms with Crippen molar-refractivity contribution in [2.24, 2.45) is 0 Å². The predicted molar refractivity (Wildman–Crippen MR) is 68.6 cm³/mol. The van der Waals surface area contributed by atoms with E-state index in [4.69, 9.17) is 5.11 Å². The largest absolute Gasteiger partial charge is 0.477 e. The second-order valence-corrected chi connectivity index (χ2v) is 5.58. The minimum atomic E-state index is -0.872. The van der Waals surface area contributed by atoms with Crippen LogP contribution in [-0.2, 0) is 0 Å². The number of rotatable bonds is 4. The topological polar surface area (TPSA) is 40.5 Å². The van der Waals surface area contributed by atoms with Crippen LogP contribution in [0.15, 0.2) is 24.8 Å². The maximum absolute atomic E-state index is 10.8. The SMILES string of the molecule is C=CCN(c1ccc(C(=O)O)s1)C(C)(C)C. The van der Waals surface area contributed by atoms with Crippen LogP contribution in [-0.4, -0.2) is 23.2 Å². The van der Waals surface area contributed by atoms with Gasteiger partial charge in [-0.1, -0.05) is 6.08 Å². The summed E-state index contributed by atoms with van der Waals surface area (Å²) in [5.41, 5.74) is -0.0468. The lowest BCUT2D eigenvalue weighted by atomic mass is 10.1. The first-order chi connectivity index (χ1) is 7.36. The van der Waals surface area contributed by atoms with E-state index in [1.807, 2.05) is 12.1 Å². The van der Waals surface area contributed by atoms with Gasteiger partial charge in [0.05, 0.1) is 5.00 Å². The number of carboxylic acid groups (broad SMARTS) is 1. The Morgan fingerprint density at radius 1 is 1.56 bits per heavy atom. The minimum absolute atomic E-state index is 0.0468. The lowest BCUT2D eigenvalue weighted by molar-refractivity contribution is 0.0702. The van der Waals surface area contributed by atoms with E-state index in [9.17, 15) is 4.79 Å². The summed E-state index contributed by atoms with van der Waals surface area (Å²) in [7, 11) is 0. The second kappa shape index (κ2) is 4.70. The molecule has 4 heteroatoms. The standard InChI is InChI=1S/C12H17NO2S/c1-5-8-13(12(2,3)4)10-7-6-9(16-10)11(14)15/h5-7H,1,8H2,2-4H3,(H,14,15). The summed E-state index contributed by atoms with van der Waals surface area (Å²) in [5, 5.41) is 9.85. The van der Waals surface area contributed by atoms with Crippen LogP contribution in [0.1, 0.15) is 30.4 Å². The summed E-state index contributed by atoms with van der Waals surface area (Å²) in [6, 6.07) is 3.49. The summed E-state index contributed by atoms with van der Waals surface area (Å²) >= 11 is 1.29. The van der Waals surface area contributed by atoms with Gasteiger partial charge in [0.2, 0.25) is 0 Å². The number of nitrogens with zero attached hydrogens (tertiary/aromatic N) is 1. The third-order valence-corrected chi connectivity index (χ3v) is 3.29. The molecule has 3 nitrogen and oxygen atoms in total. The fourth-order valence-corrected chi connectivity index (χ4v) is 2.45. The van der Waals surface area contributed by atoms with Gasteiger partial charge in [0, 0.05) is 12.1 Å². The molecule has 0 spiro atoms. The van der Waals surface area contributed by atoms with E-state index in [2.05, 4.69) is 32.3 Å². The summed E-state index contributed by atoms with van der Waals surface area (Å²) in [4.78, 5) is 13.3. The maximum atomic E-state index is 10.8. The van der Waals surface area contributed by atoms with Crippen molar-refractivity contribution in [1.82, 2.24) is 0 Å². The van der Waals surface area contributed by atoms with Crippen molar-refractivity contribution in [3.63, 3.8) is 0 Å². The average Bonchev–Trinajstić information content (AvgIpc) is 2.60. The summed E-state index contributed by atoms with van der Waals surface area (Å²) in [6.45, 7) is 10.7. The molecule has 1 N–H and O–H groups in total. The monoisotopic (exact) mass is 239 g/mol. The summed E-state index contributed by atoms with van der Waals surface area (Å²) in [5.74, 6) is -0.872. The van der Waals surface area contributed by atoms with E-state index >= 15 is 0 Å². The molecule has 0 saturated carbocycles. The van der Waals surface area contributed by atoms with Crippen molar-refractivity contribution >= 4 is 22.3 Å². The van der Waals surface area contributed by atoms with Crippen LogP contribution in [0.4, 0.5) is 5.00 Å². The Morgan fingerprint density at radius 3 is 2.56 bits per heavy atom. The molecule has 1 rings (SSSR count). The lowest BCUT2D eigenvalue weighted by Crippen LogP contribution is -2.41. The first kappa shape index (κ1) is 12.8. The van der Waals surface area contributed by atoms with E-state index in [0.717, 1.165) is 5.00 Å². The molecule has 0 radical (unpaired) electrons. The Hall–Kier alpha value is -1.29. The molecule has 0 fully saturated rings. The molecule has 16 heavy (non-hydrogen) atoms. The van der Waals surface area contributed by atoms with E-state index < -0.39 is 5.97 Å². The fourth-order valence-electron chi connectivity index (χ4n) is 1.41. The molecule has 0 aliphatic heterocycles. The van der Waals surface area contributed by atoms with Crippen LogP contribution in [0.3, 0.4) is 0 Å². The molecule has 1 heterocycles. The van der Waals surface area contributed by atoms with Gasteiger partial charge in [-0.2, -0.15) is 0 Å². The van der Waals surface area contributed by atoms with Gasteiger partial charge in [-0.15, -0.1) is 17.9 Å². The third-order valence-electron chi connectivity index (χ3n) is 2.19. The Balaban J connectivity index is 3.02. The maximum Gasteiger partial charge on any atom is 0.345 e. The zero-order valence-electron chi connectivity index (χ0n) is 9.86. The molecule has 0 saturated heterocycles. The quantitative estimate of drug-likeness (QED) is 0.820. The van der Waals surface area contributed by atoms with Crippen LogP contribution in [0.2, 0.25) is 0 Å². The number of hydrogen-bond donors (Lipinski definition) is 1. The van der Waals surface area contributed by atoms with Gasteiger partial charge in [0.1, 0.15) is 4.88 Å². The molecule has 0 aromatic carbocycles. The molecule has 1 aromatic rings. The highest BCUT2D eigenvalue weighted by Crippen LogP contribution is 2.31. The van der Waals surface area contributed by atoms with Gasteiger partial charge in [0.25, 0.3) is 0 Å². The van der Waals surface area contributed by atoms with E-state index in [1.165, 1.54) is 11.3 Å². The zero-order chi connectivity index (χ0) is 12.3. The van der Waals surface area contributed by atoms with Gasteiger partial charge in [0.15, 0.2) is 0 Å². The van der Waals surface area contributed by atoms with E-state index in [1.54, 1.807) is 6.07 Å². The number of aromatic carboxylic acids is 1. The highest BCUT2D eigenvalue weighted by molar-refractivity contribution is 7.17. The van der Waals surface area contributed by atoms with Gasteiger partial charge < -0.3 is 10.0 Å². The normalized spacial score (nSPS) is 11.2. The highest BCUT2D eigenvalue weighted by atomic mass is 32.1. The lowest BCUT2D eigenvalue weighted by Gasteiger charge is -2.35. The third kappa shape index (κ3) is 2.85. The van der Waals surface area contributed by atoms with E-state index in [0.29, 0.717) is 11.4 Å². The van der Waals surface area contributed by atoms with Crippen LogP contribution in [0, 0.1) is 0 Å². The van der Waals surface area contributed by atoms with Gasteiger partial charge >= 0.3 is 5.97 Å². The predicted octanol–water partition coefficient (Wildman–Crippen LogP) is 3.24. The molecule has 0 atom stereocenters. The Bertz CT molecular complexity index is 390. The molecule has 0 amide bonds. The van der Waals surface area contributed by atoms with Crippen molar-refractivity contribution in [2.75, 3.05) is 11.4 Å². The number of hydrogen-bond acceptors (Lipinski definition) is 3. The highest BCUT2D eigenvalue weighted by Gasteiger charge is 2.22. The number of carbonyl (C=O) groups is 1. The minimum Gasteiger partial charge on any atom is -0.477 e. The van der Waals surface area contributed by atoms with Crippen LogP contribution in [0.25, 0.3) is 0 Å². The molecule has 88 valence electrons. The van der Waals surface area contributed by atoms with Crippen molar-refractivity contribution in [3.8, 4) is 0 Å². The fraction of sp³-hybridized carbons (Fsp3) is 0.417. The Kier molecular flexibility index (Phi) is 3.75. The number of anilines is 1. The molecular formula is C12H17NO2S. The smallest absolute Gasteiger partial charge is 0.345 e. The Morgan fingerprint density at radius 2 is 2.19 bits per heavy atom. The molecule has 0 aliphatic rings. The van der Waals surface area contributed by atoms with Crippen molar-refractivity contribution < 1.29 is 9.90 Å².